The van der Waals surface area contributed by atoms with Gasteiger partial charge in [-0.1, -0.05) is 13.8 Å². The second kappa shape index (κ2) is 7.55. The Morgan fingerprint density at radius 3 is 1.63 bits per heavy atom. The van der Waals surface area contributed by atoms with Gasteiger partial charge in [-0.3, -0.25) is 0 Å². The average molecular weight is 286 g/mol. The average Bonchev–Trinajstić information content (AvgIpc) is 2.42. The van der Waals surface area contributed by atoms with Crippen LogP contribution in [0.15, 0.2) is 0 Å². The lowest BCUT2D eigenvalue weighted by molar-refractivity contribution is 0.0997. The normalized spacial score (nSPS) is 9.47. The zero-order valence-electron chi connectivity index (χ0n) is 10.3. The van der Waals surface area contributed by atoms with Gasteiger partial charge in [0, 0.05) is 0 Å². The Labute approximate surface area is 105 Å². The van der Waals surface area contributed by atoms with Gasteiger partial charge in [0.25, 0.3) is 0 Å². The number of carbonyl (C=O) groups excluding carboxylic acids is 1. The van der Waals surface area contributed by atoms with E-state index in [1.807, 2.05) is 13.8 Å². The predicted octanol–water partition coefficient (Wildman–Crippen LogP) is 3.94. The maximum absolute atomic E-state index is 12.9. The first-order chi connectivity index (χ1) is 8.90. The molecule has 0 atom stereocenters. The van der Waals surface area contributed by atoms with Crippen LogP contribution < -0.4 is 4.74 Å². The third kappa shape index (κ3) is 3.80. The van der Waals surface area contributed by atoms with Crippen LogP contribution in [-0.4, -0.2) is 12.8 Å². The maximum atomic E-state index is 12.9. The predicted molar refractivity (Wildman–Crippen MR) is 55.2 cm³/mol. The van der Waals surface area contributed by atoms with Gasteiger partial charge in [-0.25, -0.2) is 18.0 Å². The summed E-state index contributed by atoms with van der Waals surface area (Å²) >= 11 is 0. The van der Waals surface area contributed by atoms with E-state index in [0.717, 1.165) is 0 Å². The Bertz CT molecular complexity index is 433. The van der Waals surface area contributed by atoms with Gasteiger partial charge in [0.2, 0.25) is 34.8 Å². The number of halogens is 5. The summed E-state index contributed by atoms with van der Waals surface area (Å²) in [7, 11) is 0. The summed E-state index contributed by atoms with van der Waals surface area (Å²) in [5, 5.41) is 0. The van der Waals surface area contributed by atoms with Crippen molar-refractivity contribution in [1.82, 2.24) is 0 Å². The lowest BCUT2D eigenvalue weighted by Crippen LogP contribution is -2.14. The van der Waals surface area contributed by atoms with Gasteiger partial charge in [0.1, 0.15) is 0 Å². The molecule has 0 aromatic heterocycles. The van der Waals surface area contributed by atoms with E-state index in [2.05, 4.69) is 9.47 Å². The van der Waals surface area contributed by atoms with Crippen molar-refractivity contribution in [2.75, 3.05) is 6.61 Å². The molecular formula is C11H11F5O3. The van der Waals surface area contributed by atoms with E-state index >= 15 is 0 Å². The molecule has 0 unspecified atom stereocenters. The molecular weight excluding hydrogens is 275 g/mol. The van der Waals surface area contributed by atoms with Crippen LogP contribution in [0.3, 0.4) is 0 Å². The summed E-state index contributed by atoms with van der Waals surface area (Å²) in [5.74, 6) is -12.9. The van der Waals surface area contributed by atoms with Crippen molar-refractivity contribution in [3.05, 3.63) is 29.1 Å². The van der Waals surface area contributed by atoms with Gasteiger partial charge in [0.15, 0.2) is 0 Å². The molecule has 1 aromatic carbocycles. The minimum absolute atomic E-state index is 0.186. The standard InChI is InChI=1S/C9H5F5O3.C2H6/c1-2-16-9(15)17-8-6(13)4(11)3(10)5(12)7(8)14;1-2/h2H2,1H3;1-2H3. The van der Waals surface area contributed by atoms with Crippen LogP contribution in [0.1, 0.15) is 20.8 Å². The fourth-order valence-corrected chi connectivity index (χ4v) is 0.905. The molecule has 0 aliphatic heterocycles. The summed E-state index contributed by atoms with van der Waals surface area (Å²) in [6.45, 7) is 5.17. The Morgan fingerprint density at radius 1 is 0.895 bits per heavy atom. The number of hydrogen-bond donors (Lipinski definition) is 0. The first-order valence-electron chi connectivity index (χ1n) is 5.26. The lowest BCUT2D eigenvalue weighted by Gasteiger charge is -2.08. The molecule has 108 valence electrons. The Balaban J connectivity index is 0.00000154. The van der Waals surface area contributed by atoms with Crippen LogP contribution in [0.5, 0.6) is 5.75 Å². The molecule has 0 amide bonds. The topological polar surface area (TPSA) is 35.5 Å². The fourth-order valence-electron chi connectivity index (χ4n) is 0.905. The van der Waals surface area contributed by atoms with E-state index in [1.54, 1.807) is 0 Å². The molecule has 19 heavy (non-hydrogen) atoms. The number of ether oxygens (including phenoxy) is 2. The van der Waals surface area contributed by atoms with Crippen molar-refractivity contribution >= 4 is 6.16 Å². The zero-order valence-corrected chi connectivity index (χ0v) is 10.3. The highest BCUT2D eigenvalue weighted by atomic mass is 19.2. The van der Waals surface area contributed by atoms with E-state index in [9.17, 15) is 26.7 Å². The van der Waals surface area contributed by atoms with Crippen LogP contribution in [0.25, 0.3) is 0 Å². The molecule has 0 bridgehead atoms. The van der Waals surface area contributed by atoms with Crippen LogP contribution in [0, 0.1) is 29.1 Å². The summed E-state index contributed by atoms with van der Waals surface area (Å²) in [6.07, 6.45) is -1.57. The molecule has 0 saturated heterocycles. The highest BCUT2D eigenvalue weighted by molar-refractivity contribution is 5.64. The molecule has 3 nitrogen and oxygen atoms in total. The lowest BCUT2D eigenvalue weighted by atomic mass is 10.3. The van der Waals surface area contributed by atoms with Crippen molar-refractivity contribution in [2.24, 2.45) is 0 Å². The molecule has 0 radical (unpaired) electrons. The minimum atomic E-state index is -2.34. The van der Waals surface area contributed by atoms with Gasteiger partial charge in [-0.05, 0) is 6.92 Å². The van der Waals surface area contributed by atoms with Gasteiger partial charge in [-0.2, -0.15) is 8.78 Å². The number of benzene rings is 1. The maximum Gasteiger partial charge on any atom is 0.514 e. The minimum Gasteiger partial charge on any atom is -0.434 e. The van der Waals surface area contributed by atoms with E-state index in [1.165, 1.54) is 6.92 Å². The highest BCUT2D eigenvalue weighted by Gasteiger charge is 2.28. The molecule has 0 N–H and O–H groups in total. The smallest absolute Gasteiger partial charge is 0.434 e. The zero-order chi connectivity index (χ0) is 15.2. The van der Waals surface area contributed by atoms with Crippen LogP contribution in [0.2, 0.25) is 0 Å². The van der Waals surface area contributed by atoms with Gasteiger partial charge < -0.3 is 9.47 Å². The Morgan fingerprint density at radius 2 is 1.26 bits per heavy atom. The number of carbonyl (C=O) groups is 1. The second-order valence-electron chi connectivity index (χ2n) is 2.68. The SMILES string of the molecule is CC.CCOC(=O)Oc1c(F)c(F)c(F)c(F)c1F. The first-order valence-corrected chi connectivity index (χ1v) is 5.26. The summed E-state index contributed by atoms with van der Waals surface area (Å²) in [6, 6.07) is 0. The van der Waals surface area contributed by atoms with Crippen molar-refractivity contribution in [1.29, 1.82) is 0 Å². The van der Waals surface area contributed by atoms with E-state index in [-0.39, 0.29) is 6.61 Å². The number of rotatable bonds is 2. The molecule has 0 fully saturated rings. The molecule has 8 heteroatoms. The molecule has 0 spiro atoms. The molecule has 0 saturated carbocycles. The van der Waals surface area contributed by atoms with Crippen molar-refractivity contribution in [2.45, 2.75) is 20.8 Å². The molecule has 1 rings (SSSR count). The molecule has 0 heterocycles. The first kappa shape index (κ1) is 17.1. The van der Waals surface area contributed by atoms with Crippen molar-refractivity contribution < 1.29 is 36.2 Å². The summed E-state index contributed by atoms with van der Waals surface area (Å²) in [5.41, 5.74) is 0. The van der Waals surface area contributed by atoms with Gasteiger partial charge >= 0.3 is 6.16 Å². The largest absolute Gasteiger partial charge is 0.514 e. The number of hydrogen-bond acceptors (Lipinski definition) is 3. The fraction of sp³-hybridized carbons (Fsp3) is 0.364. The van der Waals surface area contributed by atoms with E-state index in [0.29, 0.717) is 0 Å². The van der Waals surface area contributed by atoms with E-state index in [4.69, 9.17) is 0 Å². The quantitative estimate of drug-likeness (QED) is 0.271. The summed E-state index contributed by atoms with van der Waals surface area (Å²) in [4.78, 5) is 10.7. The molecule has 0 aliphatic rings. The molecule has 1 aromatic rings. The monoisotopic (exact) mass is 286 g/mol. The van der Waals surface area contributed by atoms with Crippen LogP contribution in [0.4, 0.5) is 26.7 Å². The third-order valence-electron chi connectivity index (χ3n) is 1.62. The summed E-state index contributed by atoms with van der Waals surface area (Å²) < 4.78 is 71.8. The van der Waals surface area contributed by atoms with Gasteiger partial charge in [-0.15, -0.1) is 0 Å². The van der Waals surface area contributed by atoms with Crippen molar-refractivity contribution in [3.63, 3.8) is 0 Å². The third-order valence-corrected chi connectivity index (χ3v) is 1.62. The highest BCUT2D eigenvalue weighted by Crippen LogP contribution is 2.29. The molecule has 0 aliphatic carbocycles. The Hall–Kier alpha value is -1.86. The Kier molecular flexibility index (Phi) is 6.81. The van der Waals surface area contributed by atoms with Crippen LogP contribution in [-0.2, 0) is 4.74 Å². The van der Waals surface area contributed by atoms with E-state index < -0.39 is 41.0 Å². The van der Waals surface area contributed by atoms with Gasteiger partial charge in [0.05, 0.1) is 6.61 Å². The van der Waals surface area contributed by atoms with Crippen molar-refractivity contribution in [3.8, 4) is 5.75 Å². The second-order valence-corrected chi connectivity index (χ2v) is 2.68. The van der Waals surface area contributed by atoms with Crippen LogP contribution >= 0.6 is 0 Å².